The highest BCUT2D eigenvalue weighted by Crippen LogP contribution is 2.33. The van der Waals surface area contributed by atoms with Gasteiger partial charge in [0.25, 0.3) is 0 Å². The van der Waals surface area contributed by atoms with Crippen molar-refractivity contribution >= 4 is 42.5 Å². The number of halogens is 2. The molecule has 1 saturated carbocycles. The van der Waals surface area contributed by atoms with Gasteiger partial charge in [-0.15, -0.1) is 36.6 Å². The molecule has 1 aliphatic carbocycles. The number of nitrogens with zero attached hydrogens (tertiary/aromatic N) is 1. The Balaban J connectivity index is 0.000000902. The summed E-state index contributed by atoms with van der Waals surface area (Å²) in [5.41, 5.74) is 0. The van der Waals surface area contributed by atoms with Crippen molar-refractivity contribution in [2.45, 2.75) is 50.4 Å². The second-order valence-corrected chi connectivity index (χ2v) is 6.52. The number of carbonyl (C=O) groups is 1. The van der Waals surface area contributed by atoms with Crippen LogP contribution < -0.4 is 10.6 Å². The summed E-state index contributed by atoms with van der Waals surface area (Å²) in [4.78, 5) is 14.6. The van der Waals surface area contributed by atoms with Crippen LogP contribution in [-0.2, 0) is 4.79 Å². The van der Waals surface area contributed by atoms with E-state index in [1.165, 1.54) is 12.8 Å². The Hall–Kier alpha value is 0.320. The smallest absolute Gasteiger partial charge is 0.238 e. The fourth-order valence-corrected chi connectivity index (χ4v) is 3.88. The Bertz CT molecular complexity index is 311. The van der Waals surface area contributed by atoms with Crippen LogP contribution in [0.4, 0.5) is 0 Å². The zero-order valence-electron chi connectivity index (χ0n) is 11.1. The number of hydrogen-bond acceptors (Lipinski definition) is 4. The van der Waals surface area contributed by atoms with Crippen molar-refractivity contribution in [3.05, 3.63) is 0 Å². The van der Waals surface area contributed by atoms with Gasteiger partial charge in [0.15, 0.2) is 0 Å². The van der Waals surface area contributed by atoms with Gasteiger partial charge in [-0.05, 0) is 26.2 Å². The summed E-state index contributed by atoms with van der Waals surface area (Å²) in [6, 6.07) is 1.85. The molecule has 3 unspecified atom stereocenters. The molecule has 4 nitrogen and oxygen atoms in total. The van der Waals surface area contributed by atoms with Crippen molar-refractivity contribution in [1.82, 2.24) is 15.5 Å². The van der Waals surface area contributed by atoms with Crippen molar-refractivity contribution in [2.75, 3.05) is 18.2 Å². The maximum Gasteiger partial charge on any atom is 0.238 e. The average Bonchev–Trinajstić information content (AvgIpc) is 2.86. The summed E-state index contributed by atoms with van der Waals surface area (Å²) in [6.45, 7) is 3.34. The van der Waals surface area contributed by atoms with Gasteiger partial charge in [0.1, 0.15) is 0 Å². The minimum Gasteiger partial charge on any atom is -0.351 e. The minimum atomic E-state index is 0. The molecular formula is C12H23Cl2N3OS. The van der Waals surface area contributed by atoms with Gasteiger partial charge in [0, 0.05) is 36.3 Å². The van der Waals surface area contributed by atoms with Crippen LogP contribution in [0, 0.1) is 0 Å². The lowest BCUT2D eigenvalue weighted by molar-refractivity contribution is -0.123. The van der Waals surface area contributed by atoms with Gasteiger partial charge in [-0.1, -0.05) is 0 Å². The Morgan fingerprint density at radius 2 is 2.11 bits per heavy atom. The van der Waals surface area contributed by atoms with E-state index in [1.54, 1.807) is 11.8 Å². The maximum atomic E-state index is 12.0. The molecule has 0 aromatic rings. The molecule has 3 fully saturated rings. The number of rotatable bonds is 3. The molecule has 2 saturated heterocycles. The van der Waals surface area contributed by atoms with Crippen LogP contribution in [0.1, 0.15) is 26.2 Å². The topological polar surface area (TPSA) is 44.4 Å². The first-order valence-electron chi connectivity index (χ1n) is 6.61. The molecule has 19 heavy (non-hydrogen) atoms. The SMILES string of the molecule is CC1CC(NC(=O)C2CSCN2)CN1C1CC1.Cl.Cl. The van der Waals surface area contributed by atoms with Crippen LogP contribution in [0.2, 0.25) is 0 Å². The Morgan fingerprint density at radius 3 is 2.68 bits per heavy atom. The van der Waals surface area contributed by atoms with Crippen molar-refractivity contribution < 1.29 is 4.79 Å². The van der Waals surface area contributed by atoms with Crippen LogP contribution in [0.3, 0.4) is 0 Å². The fraction of sp³-hybridized carbons (Fsp3) is 0.917. The lowest BCUT2D eigenvalue weighted by Crippen LogP contribution is -2.47. The van der Waals surface area contributed by atoms with Crippen LogP contribution in [-0.4, -0.2) is 53.1 Å². The Kier molecular flexibility index (Phi) is 6.73. The number of hydrogen-bond donors (Lipinski definition) is 2. The Morgan fingerprint density at radius 1 is 1.37 bits per heavy atom. The molecule has 0 aromatic carbocycles. The van der Waals surface area contributed by atoms with Gasteiger partial charge in [-0.3, -0.25) is 15.0 Å². The van der Waals surface area contributed by atoms with Crippen molar-refractivity contribution in [1.29, 1.82) is 0 Å². The van der Waals surface area contributed by atoms with E-state index >= 15 is 0 Å². The molecule has 1 amide bonds. The average molecular weight is 328 g/mol. The molecular weight excluding hydrogens is 305 g/mol. The van der Waals surface area contributed by atoms with Crippen LogP contribution in [0.15, 0.2) is 0 Å². The van der Waals surface area contributed by atoms with Gasteiger partial charge in [0.2, 0.25) is 5.91 Å². The molecule has 2 N–H and O–H groups in total. The van der Waals surface area contributed by atoms with Gasteiger partial charge < -0.3 is 5.32 Å². The quantitative estimate of drug-likeness (QED) is 0.818. The van der Waals surface area contributed by atoms with E-state index in [9.17, 15) is 4.79 Å². The fourth-order valence-electron chi connectivity index (χ4n) is 2.94. The highest BCUT2D eigenvalue weighted by Gasteiger charge is 2.39. The minimum absolute atomic E-state index is 0. The van der Waals surface area contributed by atoms with Crippen molar-refractivity contribution in [2.24, 2.45) is 0 Å². The molecule has 2 heterocycles. The summed E-state index contributed by atoms with van der Waals surface area (Å²) in [5, 5.41) is 6.43. The predicted octanol–water partition coefficient (Wildman–Crippen LogP) is 1.23. The zero-order valence-corrected chi connectivity index (χ0v) is 13.6. The lowest BCUT2D eigenvalue weighted by atomic mass is 10.2. The number of nitrogens with one attached hydrogen (secondary N) is 2. The summed E-state index contributed by atoms with van der Waals surface area (Å²) in [7, 11) is 0. The monoisotopic (exact) mass is 327 g/mol. The molecule has 0 radical (unpaired) electrons. The van der Waals surface area contributed by atoms with Crippen molar-refractivity contribution in [3.8, 4) is 0 Å². The van der Waals surface area contributed by atoms with Crippen molar-refractivity contribution in [3.63, 3.8) is 0 Å². The van der Waals surface area contributed by atoms with E-state index in [0.717, 1.165) is 30.6 Å². The van der Waals surface area contributed by atoms with E-state index in [-0.39, 0.29) is 36.8 Å². The third kappa shape index (κ3) is 4.14. The molecule has 0 bridgehead atoms. The predicted molar refractivity (Wildman–Crippen MR) is 84.5 cm³/mol. The van der Waals surface area contributed by atoms with Gasteiger partial charge in [-0.25, -0.2) is 0 Å². The summed E-state index contributed by atoms with van der Waals surface area (Å²) >= 11 is 1.80. The number of amides is 1. The van der Waals surface area contributed by atoms with Crippen LogP contribution in [0.5, 0.6) is 0 Å². The Labute approximate surface area is 131 Å². The molecule has 0 aromatic heterocycles. The molecule has 3 atom stereocenters. The van der Waals surface area contributed by atoms with Gasteiger partial charge in [0.05, 0.1) is 6.04 Å². The van der Waals surface area contributed by atoms with Gasteiger partial charge >= 0.3 is 0 Å². The van der Waals surface area contributed by atoms with E-state index in [1.807, 2.05) is 0 Å². The highest BCUT2D eigenvalue weighted by atomic mass is 35.5. The largest absolute Gasteiger partial charge is 0.351 e. The number of likely N-dealkylation sites (tertiary alicyclic amines) is 1. The molecule has 7 heteroatoms. The molecule has 112 valence electrons. The summed E-state index contributed by atoms with van der Waals surface area (Å²) in [5.74, 6) is 2.03. The third-order valence-electron chi connectivity index (χ3n) is 4.02. The van der Waals surface area contributed by atoms with Gasteiger partial charge in [-0.2, -0.15) is 0 Å². The van der Waals surface area contributed by atoms with E-state index in [4.69, 9.17) is 0 Å². The number of carbonyl (C=O) groups excluding carboxylic acids is 1. The zero-order chi connectivity index (χ0) is 11.8. The second-order valence-electron chi connectivity index (χ2n) is 5.49. The first-order chi connectivity index (χ1) is 8.24. The number of thioether (sulfide) groups is 1. The van der Waals surface area contributed by atoms with E-state index < -0.39 is 0 Å². The maximum absolute atomic E-state index is 12.0. The molecule has 3 aliphatic rings. The normalized spacial score (nSPS) is 34.5. The molecule has 3 rings (SSSR count). The van der Waals surface area contributed by atoms with Crippen LogP contribution >= 0.6 is 36.6 Å². The first-order valence-corrected chi connectivity index (χ1v) is 7.77. The summed E-state index contributed by atoms with van der Waals surface area (Å²) < 4.78 is 0. The standard InChI is InChI=1S/C12H21N3OS.2ClH/c1-8-4-9(5-15(8)10-2-3-10)14-12(16)11-6-17-7-13-11;;/h8-11,13H,2-7H2,1H3,(H,14,16);2*1H. The molecule has 2 aliphatic heterocycles. The second kappa shape index (κ2) is 7.36. The highest BCUT2D eigenvalue weighted by molar-refractivity contribution is 7.99. The lowest BCUT2D eigenvalue weighted by Gasteiger charge is -2.20. The molecule has 0 spiro atoms. The first kappa shape index (κ1) is 17.4. The summed E-state index contributed by atoms with van der Waals surface area (Å²) in [6.07, 6.45) is 3.82. The van der Waals surface area contributed by atoms with Crippen LogP contribution in [0.25, 0.3) is 0 Å². The van der Waals surface area contributed by atoms with E-state index in [2.05, 4.69) is 22.5 Å². The third-order valence-corrected chi connectivity index (χ3v) is 4.96. The van der Waals surface area contributed by atoms with E-state index in [0.29, 0.717) is 12.1 Å².